The third-order valence-electron chi connectivity index (χ3n) is 4.34. The second-order valence-corrected chi connectivity index (χ2v) is 6.83. The van der Waals surface area contributed by atoms with Crippen LogP contribution < -0.4 is 19.9 Å². The summed E-state index contributed by atoms with van der Waals surface area (Å²) in [5.41, 5.74) is 1.76. The Balaban J connectivity index is 1.97. The predicted molar refractivity (Wildman–Crippen MR) is 103 cm³/mol. The molecule has 0 atom stereocenters. The molecule has 0 fully saturated rings. The highest BCUT2D eigenvalue weighted by Gasteiger charge is 2.28. The van der Waals surface area contributed by atoms with Gasteiger partial charge in [-0.1, -0.05) is 13.8 Å². The van der Waals surface area contributed by atoms with Gasteiger partial charge in [-0.05, 0) is 30.2 Å². The van der Waals surface area contributed by atoms with Crippen molar-refractivity contribution in [3.05, 3.63) is 36.2 Å². The van der Waals surface area contributed by atoms with E-state index in [0.717, 1.165) is 35.2 Å². The summed E-state index contributed by atoms with van der Waals surface area (Å²) in [7, 11) is 3.51. The molecule has 26 heavy (non-hydrogen) atoms. The molecule has 0 aliphatic carbocycles. The van der Waals surface area contributed by atoms with Crippen molar-refractivity contribution in [3.8, 4) is 5.75 Å². The Bertz CT molecular complexity index is 776. The van der Waals surface area contributed by atoms with Gasteiger partial charge >= 0.3 is 0 Å². The fraction of sp³-hybridized carbons (Fsp3) is 0.421. The number of ether oxygens (including phenoxy) is 1. The van der Waals surface area contributed by atoms with Gasteiger partial charge in [0, 0.05) is 19.3 Å². The Morgan fingerprint density at radius 2 is 1.92 bits per heavy atom. The summed E-state index contributed by atoms with van der Waals surface area (Å²) in [5.74, 6) is 2.84. The van der Waals surface area contributed by atoms with E-state index in [1.807, 2.05) is 36.2 Å². The van der Waals surface area contributed by atoms with Crippen LogP contribution in [0.2, 0.25) is 0 Å². The summed E-state index contributed by atoms with van der Waals surface area (Å²) >= 11 is 0. The maximum absolute atomic E-state index is 12.8. The van der Waals surface area contributed by atoms with Crippen LogP contribution in [-0.4, -0.2) is 43.1 Å². The fourth-order valence-electron chi connectivity index (χ4n) is 2.94. The van der Waals surface area contributed by atoms with E-state index in [9.17, 15) is 4.79 Å². The molecular weight excluding hydrogens is 330 g/mol. The van der Waals surface area contributed by atoms with E-state index in [0.29, 0.717) is 12.5 Å². The van der Waals surface area contributed by atoms with Crippen LogP contribution in [-0.2, 0) is 11.3 Å². The van der Waals surface area contributed by atoms with Gasteiger partial charge in [-0.3, -0.25) is 4.79 Å². The van der Waals surface area contributed by atoms with Crippen LogP contribution in [0.5, 0.6) is 5.75 Å². The summed E-state index contributed by atoms with van der Waals surface area (Å²) in [5, 5.41) is 3.39. The molecule has 2 heterocycles. The molecule has 1 aromatic carbocycles. The van der Waals surface area contributed by atoms with Gasteiger partial charge < -0.3 is 19.9 Å². The Kier molecular flexibility index (Phi) is 5.25. The van der Waals surface area contributed by atoms with Crippen molar-refractivity contribution in [2.45, 2.75) is 20.4 Å². The van der Waals surface area contributed by atoms with Gasteiger partial charge in [0.15, 0.2) is 0 Å². The zero-order valence-corrected chi connectivity index (χ0v) is 15.7. The Hall–Kier alpha value is -2.83. The quantitative estimate of drug-likeness (QED) is 0.889. The molecule has 3 rings (SSSR count). The first-order chi connectivity index (χ1) is 12.5. The lowest BCUT2D eigenvalue weighted by Gasteiger charge is -2.22. The number of anilines is 3. The lowest BCUT2D eigenvalue weighted by atomic mass is 10.2. The summed E-state index contributed by atoms with van der Waals surface area (Å²) < 4.78 is 5.21. The number of amides is 1. The van der Waals surface area contributed by atoms with E-state index >= 15 is 0 Å². The topological polar surface area (TPSA) is 70.6 Å². The number of methoxy groups -OCH3 is 1. The number of benzene rings is 1. The second-order valence-electron chi connectivity index (χ2n) is 6.83. The SMILES string of the molecule is COc1ccc(N2Cc3c(NCC(C)C)ncnc3N(C)CC2=O)cc1. The van der Waals surface area contributed by atoms with E-state index in [1.54, 1.807) is 18.3 Å². The largest absolute Gasteiger partial charge is 0.497 e. The third-order valence-corrected chi connectivity index (χ3v) is 4.34. The van der Waals surface area contributed by atoms with Gasteiger partial charge in [-0.25, -0.2) is 9.97 Å². The first kappa shape index (κ1) is 18.0. The van der Waals surface area contributed by atoms with Crippen molar-refractivity contribution in [2.75, 3.05) is 42.4 Å². The number of nitrogens with one attached hydrogen (secondary N) is 1. The highest BCUT2D eigenvalue weighted by atomic mass is 16.5. The summed E-state index contributed by atoms with van der Waals surface area (Å²) in [4.78, 5) is 25.3. The van der Waals surface area contributed by atoms with Gasteiger partial charge in [0.05, 0.1) is 25.8 Å². The number of fused-ring (bicyclic) bond motifs is 1. The molecule has 1 aliphatic heterocycles. The molecule has 1 N–H and O–H groups in total. The van der Waals surface area contributed by atoms with Crippen LogP contribution >= 0.6 is 0 Å². The molecule has 0 radical (unpaired) electrons. The van der Waals surface area contributed by atoms with E-state index in [1.165, 1.54) is 0 Å². The normalized spacial score (nSPS) is 14.3. The first-order valence-electron chi connectivity index (χ1n) is 8.73. The molecule has 1 aliphatic rings. The monoisotopic (exact) mass is 355 g/mol. The van der Waals surface area contributed by atoms with Crippen LogP contribution in [0.4, 0.5) is 17.3 Å². The standard InChI is InChI=1S/C19H25N5O2/c1-13(2)9-20-18-16-10-24(14-5-7-15(26-4)8-6-14)17(25)11-23(3)19(16)22-12-21-18/h5-8,12-13H,9-11H2,1-4H3,(H,20,21,22). The second kappa shape index (κ2) is 7.59. The zero-order chi connectivity index (χ0) is 18.7. The Morgan fingerprint density at radius 3 is 2.58 bits per heavy atom. The molecule has 1 amide bonds. The molecular formula is C19H25N5O2. The van der Waals surface area contributed by atoms with Gasteiger partial charge in [-0.2, -0.15) is 0 Å². The van der Waals surface area contributed by atoms with Crippen LogP contribution in [0.25, 0.3) is 0 Å². The number of hydrogen-bond acceptors (Lipinski definition) is 6. The molecule has 1 aromatic heterocycles. The van der Waals surface area contributed by atoms with Gasteiger partial charge in [0.2, 0.25) is 5.91 Å². The number of carbonyl (C=O) groups excluding carboxylic acids is 1. The lowest BCUT2D eigenvalue weighted by Crippen LogP contribution is -2.35. The third kappa shape index (κ3) is 3.71. The van der Waals surface area contributed by atoms with Crippen molar-refractivity contribution in [1.29, 1.82) is 0 Å². The van der Waals surface area contributed by atoms with Crippen molar-refractivity contribution in [2.24, 2.45) is 5.92 Å². The molecule has 0 saturated heterocycles. The van der Waals surface area contributed by atoms with Crippen molar-refractivity contribution < 1.29 is 9.53 Å². The highest BCUT2D eigenvalue weighted by molar-refractivity contribution is 5.97. The van der Waals surface area contributed by atoms with E-state index in [4.69, 9.17) is 4.74 Å². The molecule has 0 unspecified atom stereocenters. The van der Waals surface area contributed by atoms with Gasteiger partial charge in [-0.15, -0.1) is 0 Å². The number of hydrogen-bond donors (Lipinski definition) is 1. The van der Waals surface area contributed by atoms with Crippen LogP contribution in [0.3, 0.4) is 0 Å². The minimum atomic E-state index is 0.0190. The molecule has 2 aromatic rings. The number of likely N-dealkylation sites (N-methyl/N-ethyl adjacent to an activating group) is 1. The molecule has 138 valence electrons. The average molecular weight is 355 g/mol. The minimum Gasteiger partial charge on any atom is -0.497 e. The van der Waals surface area contributed by atoms with Crippen molar-refractivity contribution >= 4 is 23.2 Å². The molecule has 7 nitrogen and oxygen atoms in total. The maximum atomic E-state index is 12.8. The highest BCUT2D eigenvalue weighted by Crippen LogP contribution is 2.30. The average Bonchev–Trinajstić information content (AvgIpc) is 2.76. The van der Waals surface area contributed by atoms with E-state index in [2.05, 4.69) is 29.1 Å². The van der Waals surface area contributed by atoms with E-state index < -0.39 is 0 Å². The lowest BCUT2D eigenvalue weighted by molar-refractivity contribution is -0.117. The number of nitrogens with zero attached hydrogens (tertiary/aromatic N) is 4. The smallest absolute Gasteiger partial charge is 0.246 e. The van der Waals surface area contributed by atoms with E-state index in [-0.39, 0.29) is 12.5 Å². The van der Waals surface area contributed by atoms with Crippen molar-refractivity contribution in [1.82, 2.24) is 9.97 Å². The molecule has 0 bridgehead atoms. The van der Waals surface area contributed by atoms with Gasteiger partial charge in [0.1, 0.15) is 23.7 Å². The summed E-state index contributed by atoms with van der Waals surface area (Å²) in [6, 6.07) is 7.51. The summed E-state index contributed by atoms with van der Waals surface area (Å²) in [6.07, 6.45) is 1.55. The Morgan fingerprint density at radius 1 is 1.19 bits per heavy atom. The number of rotatable bonds is 5. The van der Waals surface area contributed by atoms with Gasteiger partial charge in [0.25, 0.3) is 0 Å². The predicted octanol–water partition coefficient (Wildman–Crippen LogP) is 2.54. The van der Waals surface area contributed by atoms with Crippen molar-refractivity contribution in [3.63, 3.8) is 0 Å². The number of aromatic nitrogens is 2. The minimum absolute atomic E-state index is 0.0190. The maximum Gasteiger partial charge on any atom is 0.246 e. The fourth-order valence-corrected chi connectivity index (χ4v) is 2.94. The molecule has 0 spiro atoms. The summed E-state index contributed by atoms with van der Waals surface area (Å²) in [6.45, 7) is 5.79. The Labute approximate surface area is 154 Å². The number of carbonyl (C=O) groups is 1. The molecule has 0 saturated carbocycles. The molecule has 7 heteroatoms. The van der Waals surface area contributed by atoms with Crippen LogP contribution in [0.1, 0.15) is 19.4 Å². The first-order valence-corrected chi connectivity index (χ1v) is 8.73. The van der Waals surface area contributed by atoms with Crippen LogP contribution in [0, 0.1) is 5.92 Å². The van der Waals surface area contributed by atoms with Crippen LogP contribution in [0.15, 0.2) is 30.6 Å². The zero-order valence-electron chi connectivity index (χ0n) is 15.7.